The van der Waals surface area contributed by atoms with E-state index >= 15 is 0 Å². The van der Waals surface area contributed by atoms with Gasteiger partial charge in [-0.1, -0.05) is 19.3 Å². The molecule has 3 aliphatic rings. The first-order chi connectivity index (χ1) is 14.1. The highest BCUT2D eigenvalue weighted by Crippen LogP contribution is 2.35. The predicted molar refractivity (Wildman–Crippen MR) is 113 cm³/mol. The van der Waals surface area contributed by atoms with Gasteiger partial charge in [0.25, 0.3) is 5.91 Å². The number of nitrogens with zero attached hydrogens (tertiary/aromatic N) is 5. The first-order valence-electron chi connectivity index (χ1n) is 10.8. The third-order valence-electron chi connectivity index (χ3n) is 7.01. The van der Waals surface area contributed by atoms with Crippen molar-refractivity contribution in [3.8, 4) is 0 Å². The molecule has 7 nitrogen and oxygen atoms in total. The van der Waals surface area contributed by atoms with Gasteiger partial charge in [0.2, 0.25) is 5.82 Å². The van der Waals surface area contributed by atoms with Crippen molar-refractivity contribution in [3.05, 3.63) is 34.0 Å². The average Bonchev–Trinajstić information content (AvgIpc) is 3.45. The van der Waals surface area contributed by atoms with Crippen molar-refractivity contribution in [2.75, 3.05) is 20.1 Å². The summed E-state index contributed by atoms with van der Waals surface area (Å²) in [5.74, 6) is 1.35. The zero-order valence-electron chi connectivity index (χ0n) is 17.1. The van der Waals surface area contributed by atoms with Crippen LogP contribution in [0.4, 0.5) is 0 Å². The molecule has 2 fully saturated rings. The molecule has 2 aliphatic heterocycles. The van der Waals surface area contributed by atoms with E-state index in [-0.39, 0.29) is 17.5 Å². The molecule has 1 spiro atoms. The first kappa shape index (κ1) is 19.2. The van der Waals surface area contributed by atoms with E-state index in [1.165, 1.54) is 24.8 Å². The Labute approximate surface area is 176 Å². The number of hydrogen-bond donors (Lipinski definition) is 1. The normalized spacial score (nSPS) is 26.1. The molecular formula is C21H30N6OS. The van der Waals surface area contributed by atoms with Crippen LogP contribution in [0.15, 0.2) is 16.8 Å². The highest BCUT2D eigenvalue weighted by Gasteiger charge is 2.46. The van der Waals surface area contributed by atoms with Crippen molar-refractivity contribution in [2.24, 2.45) is 0 Å². The lowest BCUT2D eigenvalue weighted by atomic mass is 9.94. The van der Waals surface area contributed by atoms with Crippen molar-refractivity contribution in [1.29, 1.82) is 0 Å². The molecule has 0 bridgehead atoms. The van der Waals surface area contributed by atoms with Gasteiger partial charge in [0.15, 0.2) is 0 Å². The predicted octanol–water partition coefficient (Wildman–Crippen LogP) is 2.49. The summed E-state index contributed by atoms with van der Waals surface area (Å²) in [6, 6.07) is 2.50. The Hall–Kier alpha value is -1.77. The second-order valence-electron chi connectivity index (χ2n) is 9.01. The van der Waals surface area contributed by atoms with Crippen molar-refractivity contribution in [3.63, 3.8) is 0 Å². The highest BCUT2D eigenvalue weighted by atomic mass is 32.1. The summed E-state index contributed by atoms with van der Waals surface area (Å²) in [6.45, 7) is 4.64. The van der Waals surface area contributed by atoms with Gasteiger partial charge in [0.1, 0.15) is 5.82 Å². The molecule has 29 heavy (non-hydrogen) atoms. The van der Waals surface area contributed by atoms with Crippen molar-refractivity contribution < 1.29 is 4.79 Å². The van der Waals surface area contributed by atoms with Gasteiger partial charge in [-0.2, -0.15) is 11.3 Å². The Kier molecular flexibility index (Phi) is 5.17. The smallest absolute Gasteiger partial charge is 0.289 e. The molecule has 1 saturated carbocycles. The molecule has 8 heteroatoms. The molecular weight excluding hydrogens is 384 g/mol. The third kappa shape index (κ3) is 3.73. The Morgan fingerprint density at radius 1 is 1.28 bits per heavy atom. The molecule has 1 atom stereocenters. The third-order valence-corrected chi connectivity index (χ3v) is 7.74. The summed E-state index contributed by atoms with van der Waals surface area (Å²) < 4.78 is 2.09. The summed E-state index contributed by atoms with van der Waals surface area (Å²) in [5, 5.41) is 16.2. The molecule has 2 aromatic rings. The molecule has 0 aromatic carbocycles. The maximum absolute atomic E-state index is 12.9. The monoisotopic (exact) mass is 414 g/mol. The average molecular weight is 415 g/mol. The number of carbonyl (C=O) groups excluding carboxylic acids is 1. The van der Waals surface area contributed by atoms with Crippen LogP contribution in [0.25, 0.3) is 0 Å². The molecule has 1 amide bonds. The van der Waals surface area contributed by atoms with Crippen LogP contribution in [0.3, 0.4) is 0 Å². The fourth-order valence-electron chi connectivity index (χ4n) is 5.24. The van der Waals surface area contributed by atoms with E-state index in [9.17, 15) is 4.79 Å². The number of nitrogens with one attached hydrogen (secondary N) is 1. The standard InChI is InChI=1S/C21H30N6OS/c1-25-12-18-23-24-19(20(28)22-17-5-3-2-4-6-17)27(18)15-21(25)8-9-26(14-21)11-16-7-10-29-13-16/h7,10,13,17H,2-6,8-9,11-12,14-15H2,1H3,(H,22,28). The van der Waals surface area contributed by atoms with Gasteiger partial charge in [-0.25, -0.2) is 0 Å². The van der Waals surface area contributed by atoms with Crippen LogP contribution in [0.1, 0.15) is 60.5 Å². The van der Waals surface area contributed by atoms with Crippen LogP contribution < -0.4 is 5.32 Å². The van der Waals surface area contributed by atoms with Gasteiger partial charge in [-0.05, 0) is 48.7 Å². The summed E-state index contributed by atoms with van der Waals surface area (Å²) in [7, 11) is 2.19. The number of rotatable bonds is 4. The summed E-state index contributed by atoms with van der Waals surface area (Å²) in [4.78, 5) is 17.9. The molecule has 156 valence electrons. The minimum atomic E-state index is -0.0523. The summed E-state index contributed by atoms with van der Waals surface area (Å²) in [5.41, 5.74) is 1.44. The number of amides is 1. The second kappa shape index (κ2) is 7.81. The number of likely N-dealkylation sites (N-methyl/N-ethyl adjacent to an activating group) is 1. The van der Waals surface area contributed by atoms with Gasteiger partial charge in [0.05, 0.1) is 12.1 Å². The molecule has 1 N–H and O–H groups in total. The number of carbonyl (C=O) groups is 1. The van der Waals surface area contributed by atoms with Gasteiger partial charge in [0, 0.05) is 32.2 Å². The zero-order valence-corrected chi connectivity index (χ0v) is 18.0. The van der Waals surface area contributed by atoms with E-state index in [2.05, 4.69) is 53.8 Å². The van der Waals surface area contributed by atoms with E-state index < -0.39 is 0 Å². The van der Waals surface area contributed by atoms with Crippen LogP contribution in [0, 0.1) is 0 Å². The van der Waals surface area contributed by atoms with Crippen LogP contribution in [0.2, 0.25) is 0 Å². The Morgan fingerprint density at radius 2 is 2.14 bits per heavy atom. The zero-order chi connectivity index (χ0) is 19.8. The van der Waals surface area contributed by atoms with Gasteiger partial charge < -0.3 is 9.88 Å². The lowest BCUT2D eigenvalue weighted by Gasteiger charge is -2.42. The van der Waals surface area contributed by atoms with Crippen molar-refractivity contribution in [2.45, 2.75) is 69.7 Å². The van der Waals surface area contributed by atoms with E-state index in [0.29, 0.717) is 5.82 Å². The van der Waals surface area contributed by atoms with Crippen molar-refractivity contribution in [1.82, 2.24) is 29.9 Å². The van der Waals surface area contributed by atoms with E-state index in [1.54, 1.807) is 11.3 Å². The summed E-state index contributed by atoms with van der Waals surface area (Å²) in [6.07, 6.45) is 6.96. The minimum Gasteiger partial charge on any atom is -0.347 e. The van der Waals surface area contributed by atoms with Crippen LogP contribution >= 0.6 is 11.3 Å². The second-order valence-corrected chi connectivity index (χ2v) is 9.79. The maximum Gasteiger partial charge on any atom is 0.289 e. The highest BCUT2D eigenvalue weighted by molar-refractivity contribution is 7.07. The molecule has 1 saturated heterocycles. The molecule has 1 aliphatic carbocycles. The number of likely N-dealkylation sites (tertiary alicyclic amines) is 1. The van der Waals surface area contributed by atoms with Crippen molar-refractivity contribution >= 4 is 17.2 Å². The fourth-order valence-corrected chi connectivity index (χ4v) is 5.89. The molecule has 0 radical (unpaired) electrons. The number of hydrogen-bond acceptors (Lipinski definition) is 6. The van der Waals surface area contributed by atoms with Gasteiger partial charge in [-0.3, -0.25) is 14.6 Å². The Bertz CT molecular complexity index is 859. The van der Waals surface area contributed by atoms with Crippen LogP contribution in [-0.2, 0) is 19.6 Å². The minimum absolute atomic E-state index is 0.0469. The SMILES string of the molecule is CN1Cc2nnc(C(=O)NC3CCCCC3)n2CC12CCN(Cc1ccsc1)C2. The van der Waals surface area contributed by atoms with Gasteiger partial charge in [-0.15, -0.1) is 10.2 Å². The first-order valence-corrected chi connectivity index (χ1v) is 11.7. The quantitative estimate of drug-likeness (QED) is 0.833. The lowest BCUT2D eigenvalue weighted by Crippen LogP contribution is -2.55. The summed E-state index contributed by atoms with van der Waals surface area (Å²) >= 11 is 1.76. The largest absolute Gasteiger partial charge is 0.347 e. The molecule has 1 unspecified atom stereocenters. The number of aromatic nitrogens is 3. The van der Waals surface area contributed by atoms with Gasteiger partial charge >= 0.3 is 0 Å². The topological polar surface area (TPSA) is 66.3 Å². The van der Waals surface area contributed by atoms with Crippen LogP contribution in [0.5, 0.6) is 0 Å². The van der Waals surface area contributed by atoms with E-state index in [1.807, 2.05) is 0 Å². The van der Waals surface area contributed by atoms with E-state index in [4.69, 9.17) is 0 Å². The lowest BCUT2D eigenvalue weighted by molar-refractivity contribution is 0.0646. The molecule has 4 heterocycles. The Balaban J connectivity index is 1.31. The van der Waals surface area contributed by atoms with Crippen LogP contribution in [-0.4, -0.2) is 62.2 Å². The fraction of sp³-hybridized carbons (Fsp3) is 0.667. The van der Waals surface area contributed by atoms with E-state index in [0.717, 1.165) is 57.8 Å². The number of fused-ring (bicyclic) bond motifs is 1. The molecule has 2 aromatic heterocycles. The molecule has 5 rings (SSSR count). The maximum atomic E-state index is 12.9. The Morgan fingerprint density at radius 3 is 2.93 bits per heavy atom. The number of thiophene rings is 1.